The van der Waals surface area contributed by atoms with Gasteiger partial charge in [0.1, 0.15) is 11.8 Å². The Morgan fingerprint density at radius 2 is 1.45 bits per heavy atom. The number of carboxylic acid groups (broad SMARTS) is 1. The third-order valence-electron chi connectivity index (χ3n) is 8.89. The summed E-state index contributed by atoms with van der Waals surface area (Å²) in [4.78, 5) is 44.6. The normalized spacial score (nSPS) is 13.7. The maximum atomic E-state index is 13.9. The van der Waals surface area contributed by atoms with Gasteiger partial charge in [-0.3, -0.25) is 19.5 Å². The number of pyridine rings is 1. The van der Waals surface area contributed by atoms with Crippen LogP contribution >= 0.6 is 0 Å². The summed E-state index contributed by atoms with van der Waals surface area (Å²) in [6.07, 6.45) is 0.190. The highest BCUT2D eigenvalue weighted by atomic mass is 16.5. The summed E-state index contributed by atoms with van der Waals surface area (Å²) in [5.41, 5.74) is 4.69. The quantitative estimate of drug-likeness (QED) is 0.120. The number of carbonyl (C=O) groups is 3. The van der Waals surface area contributed by atoms with E-state index < -0.39 is 41.6 Å². The number of benzene rings is 3. The van der Waals surface area contributed by atoms with Crippen molar-refractivity contribution in [2.45, 2.75) is 78.1 Å². The van der Waals surface area contributed by atoms with Crippen molar-refractivity contribution >= 4 is 17.9 Å². The Morgan fingerprint density at radius 1 is 0.824 bits per heavy atom. The van der Waals surface area contributed by atoms with Gasteiger partial charge in [0.05, 0.1) is 17.8 Å². The van der Waals surface area contributed by atoms with Gasteiger partial charge in [0.15, 0.2) is 6.61 Å². The largest absolute Gasteiger partial charge is 0.483 e. The van der Waals surface area contributed by atoms with Gasteiger partial charge in [-0.2, -0.15) is 0 Å². The van der Waals surface area contributed by atoms with Gasteiger partial charge in [-0.25, -0.2) is 4.79 Å². The molecule has 0 bridgehead atoms. The number of carbonyl (C=O) groups excluding carboxylic acids is 2. The number of hydrogen-bond acceptors (Lipinski definition) is 6. The predicted octanol–water partition coefficient (Wildman–Crippen LogP) is 5.97. The van der Waals surface area contributed by atoms with Gasteiger partial charge in [-0.15, -0.1) is 0 Å². The van der Waals surface area contributed by atoms with Crippen LogP contribution in [0, 0.1) is 19.3 Å². The molecule has 10 heteroatoms. The standard InChI is InChI=1S/C41H50N4O6/c1-27-13-12-14-28(2)37(27)51-26-36(47)44-34(24-29-15-8-7-9-16-29)35(46)25-32(43-39(48)38(41(3,4)5)45(6)40(49)50)23-30-18-20-31(21-19-30)33-17-10-11-22-42-33/h7-22,32,34-35,38,46H,23-26H2,1-6H3,(H,43,48)(H,44,47)(H,49,50)/t32-,34-,35-,38+/m0/s1. The number of likely N-dealkylation sites (N-methyl/N-ethyl adjacent to an activating group) is 1. The van der Waals surface area contributed by atoms with Crippen molar-refractivity contribution in [1.29, 1.82) is 0 Å². The van der Waals surface area contributed by atoms with Crippen LogP contribution in [0.5, 0.6) is 5.75 Å². The van der Waals surface area contributed by atoms with Crippen molar-refractivity contribution < 1.29 is 29.3 Å². The minimum Gasteiger partial charge on any atom is -0.483 e. The molecular formula is C41H50N4O6. The minimum atomic E-state index is -1.22. The number of para-hydroxylation sites is 1. The Labute approximate surface area is 300 Å². The van der Waals surface area contributed by atoms with E-state index in [0.29, 0.717) is 18.6 Å². The van der Waals surface area contributed by atoms with Crippen LogP contribution in [0.1, 0.15) is 49.4 Å². The van der Waals surface area contributed by atoms with E-state index in [2.05, 4.69) is 15.6 Å². The Morgan fingerprint density at radius 3 is 2.04 bits per heavy atom. The van der Waals surface area contributed by atoms with E-state index in [9.17, 15) is 24.6 Å². The lowest BCUT2D eigenvalue weighted by Gasteiger charge is -2.37. The molecule has 0 radical (unpaired) electrons. The molecule has 0 spiro atoms. The molecule has 0 saturated heterocycles. The van der Waals surface area contributed by atoms with Crippen molar-refractivity contribution in [1.82, 2.24) is 20.5 Å². The first-order valence-electron chi connectivity index (χ1n) is 17.2. The van der Waals surface area contributed by atoms with E-state index in [1.54, 1.807) is 6.20 Å². The molecule has 0 aliphatic heterocycles. The lowest BCUT2D eigenvalue weighted by Crippen LogP contribution is -2.57. The number of aliphatic hydroxyl groups excluding tert-OH is 1. The zero-order valence-corrected chi connectivity index (χ0v) is 30.3. The molecule has 1 heterocycles. The molecule has 0 aliphatic carbocycles. The number of aliphatic hydroxyl groups is 1. The molecule has 4 aromatic rings. The summed E-state index contributed by atoms with van der Waals surface area (Å²) in [6, 6.07) is 26.5. The fraction of sp³-hybridized carbons (Fsp3) is 0.366. The molecule has 10 nitrogen and oxygen atoms in total. The Bertz CT molecular complexity index is 1720. The van der Waals surface area contributed by atoms with E-state index >= 15 is 0 Å². The van der Waals surface area contributed by atoms with Gasteiger partial charge < -0.3 is 25.6 Å². The van der Waals surface area contributed by atoms with Crippen LogP contribution in [0.2, 0.25) is 0 Å². The highest BCUT2D eigenvalue weighted by molar-refractivity contribution is 5.86. The average molecular weight is 695 g/mol. The second kappa shape index (κ2) is 17.6. The molecule has 4 N–H and O–H groups in total. The molecule has 4 rings (SSSR count). The Hall–Kier alpha value is -5.22. The summed E-state index contributed by atoms with van der Waals surface area (Å²) in [5, 5.41) is 27.7. The molecule has 51 heavy (non-hydrogen) atoms. The van der Waals surface area contributed by atoms with Crippen LogP contribution in [0.15, 0.2) is 97.2 Å². The number of rotatable bonds is 15. The molecule has 0 unspecified atom stereocenters. The number of nitrogens with zero attached hydrogens (tertiary/aromatic N) is 2. The Kier molecular flexibility index (Phi) is 13.3. The van der Waals surface area contributed by atoms with Crippen LogP contribution in [-0.2, 0) is 22.4 Å². The second-order valence-corrected chi connectivity index (χ2v) is 14.2. The van der Waals surface area contributed by atoms with Crippen molar-refractivity contribution in [3.63, 3.8) is 0 Å². The number of aromatic nitrogens is 1. The van der Waals surface area contributed by atoms with E-state index in [0.717, 1.165) is 38.4 Å². The zero-order chi connectivity index (χ0) is 37.1. The van der Waals surface area contributed by atoms with E-state index in [4.69, 9.17) is 4.74 Å². The Balaban J connectivity index is 1.59. The second-order valence-electron chi connectivity index (χ2n) is 14.2. The molecule has 0 saturated carbocycles. The highest BCUT2D eigenvalue weighted by Gasteiger charge is 2.38. The third-order valence-corrected chi connectivity index (χ3v) is 8.89. The van der Waals surface area contributed by atoms with Gasteiger partial charge in [-0.05, 0) is 72.9 Å². The smallest absolute Gasteiger partial charge is 0.407 e. The molecule has 0 fully saturated rings. The van der Waals surface area contributed by atoms with E-state index in [1.165, 1.54) is 7.05 Å². The highest BCUT2D eigenvalue weighted by Crippen LogP contribution is 2.26. The van der Waals surface area contributed by atoms with Crippen molar-refractivity contribution in [3.8, 4) is 17.0 Å². The van der Waals surface area contributed by atoms with Crippen molar-refractivity contribution in [2.24, 2.45) is 5.41 Å². The summed E-state index contributed by atoms with van der Waals surface area (Å²) in [5.74, 6) is -0.219. The fourth-order valence-corrected chi connectivity index (χ4v) is 6.38. The first-order chi connectivity index (χ1) is 24.2. The molecular weight excluding hydrogens is 644 g/mol. The number of aryl methyl sites for hydroxylation is 2. The number of nitrogens with one attached hydrogen (secondary N) is 2. The van der Waals surface area contributed by atoms with Gasteiger partial charge >= 0.3 is 6.09 Å². The van der Waals surface area contributed by atoms with Crippen LogP contribution < -0.4 is 15.4 Å². The average Bonchev–Trinajstić information content (AvgIpc) is 3.08. The van der Waals surface area contributed by atoms with Crippen LogP contribution in [0.4, 0.5) is 4.79 Å². The number of hydrogen-bond donors (Lipinski definition) is 4. The van der Waals surface area contributed by atoms with Crippen molar-refractivity contribution in [2.75, 3.05) is 13.7 Å². The lowest BCUT2D eigenvalue weighted by atomic mass is 9.84. The summed E-state index contributed by atoms with van der Waals surface area (Å²) < 4.78 is 5.91. The maximum absolute atomic E-state index is 13.9. The molecule has 0 aliphatic rings. The van der Waals surface area contributed by atoms with Gasteiger partial charge in [-0.1, -0.05) is 99.6 Å². The van der Waals surface area contributed by atoms with Gasteiger partial charge in [0.25, 0.3) is 5.91 Å². The monoisotopic (exact) mass is 694 g/mol. The fourth-order valence-electron chi connectivity index (χ4n) is 6.38. The molecule has 1 aromatic heterocycles. The van der Waals surface area contributed by atoms with Crippen LogP contribution in [-0.4, -0.2) is 75.9 Å². The minimum absolute atomic E-state index is 0.0803. The summed E-state index contributed by atoms with van der Waals surface area (Å²) >= 11 is 0. The first-order valence-corrected chi connectivity index (χ1v) is 17.2. The van der Waals surface area contributed by atoms with Gasteiger partial charge in [0.2, 0.25) is 5.91 Å². The van der Waals surface area contributed by atoms with Crippen LogP contribution in [0.3, 0.4) is 0 Å². The first kappa shape index (κ1) is 38.6. The van der Waals surface area contributed by atoms with E-state index in [1.807, 2.05) is 126 Å². The third kappa shape index (κ3) is 11.1. The number of ether oxygens (including phenoxy) is 1. The van der Waals surface area contributed by atoms with Crippen LogP contribution in [0.25, 0.3) is 11.3 Å². The maximum Gasteiger partial charge on any atom is 0.407 e. The van der Waals surface area contributed by atoms with Gasteiger partial charge in [0, 0.05) is 24.8 Å². The SMILES string of the molecule is Cc1cccc(C)c1OCC(=O)N[C@@H](Cc1ccccc1)[C@@H](O)C[C@H](Cc1ccc(-c2ccccn2)cc1)NC(=O)[C@@H](N(C)C(=O)O)C(C)(C)C. The predicted molar refractivity (Wildman–Crippen MR) is 198 cm³/mol. The molecule has 270 valence electrons. The molecule has 4 atom stereocenters. The topological polar surface area (TPSA) is 141 Å². The molecule has 3 aromatic carbocycles. The molecule has 3 amide bonds. The van der Waals surface area contributed by atoms with Crippen molar-refractivity contribution in [3.05, 3.63) is 119 Å². The number of amides is 3. The lowest BCUT2D eigenvalue weighted by molar-refractivity contribution is -0.130. The summed E-state index contributed by atoms with van der Waals surface area (Å²) in [6.45, 7) is 9.03. The van der Waals surface area contributed by atoms with E-state index in [-0.39, 0.29) is 18.9 Å². The summed E-state index contributed by atoms with van der Waals surface area (Å²) in [7, 11) is 1.38. The zero-order valence-electron chi connectivity index (χ0n) is 30.3.